The first-order chi connectivity index (χ1) is 11.2. The lowest BCUT2D eigenvalue weighted by Crippen LogP contribution is -2.26. The van der Waals surface area contributed by atoms with E-state index in [1.165, 1.54) is 4.68 Å². The van der Waals surface area contributed by atoms with Crippen LogP contribution in [0.25, 0.3) is 10.8 Å². The zero-order valence-electron chi connectivity index (χ0n) is 13.1. The molecule has 0 amide bonds. The average Bonchev–Trinajstić information content (AvgIpc) is 2.58. The van der Waals surface area contributed by atoms with Gasteiger partial charge in [-0.05, 0) is 18.9 Å². The topological polar surface area (TPSA) is 85.0 Å². The van der Waals surface area contributed by atoms with Gasteiger partial charge in [0.25, 0.3) is 5.56 Å². The molecule has 1 aromatic carbocycles. The number of carbonyl (C=O) groups excluding carboxylic acids is 1. The smallest absolute Gasteiger partial charge is 0.359 e. The molecule has 0 aliphatic rings. The Hall–Kier alpha value is -2.68. The molecule has 0 atom stereocenters. The Labute approximate surface area is 134 Å². The average molecular weight is 313 g/mol. The van der Waals surface area contributed by atoms with Crippen LogP contribution in [0.1, 0.15) is 43.1 Å². The number of nitrogens with zero attached hydrogens (tertiary/aromatic N) is 3. The van der Waals surface area contributed by atoms with E-state index in [-0.39, 0.29) is 17.9 Å². The van der Waals surface area contributed by atoms with Crippen molar-refractivity contribution in [1.82, 2.24) is 9.78 Å². The maximum Gasteiger partial charge on any atom is 0.359 e. The van der Waals surface area contributed by atoms with Gasteiger partial charge in [-0.1, -0.05) is 31.5 Å². The van der Waals surface area contributed by atoms with Crippen molar-refractivity contribution in [3.8, 4) is 6.07 Å². The first kappa shape index (κ1) is 16.7. The van der Waals surface area contributed by atoms with Crippen molar-refractivity contribution in [3.05, 3.63) is 40.3 Å². The Morgan fingerprint density at radius 2 is 2.04 bits per heavy atom. The summed E-state index contributed by atoms with van der Waals surface area (Å²) in [5.41, 5.74) is -0.0525. The molecule has 0 unspecified atom stereocenters. The fraction of sp³-hybridized carbons (Fsp3) is 0.412. The number of aryl methyl sites for hydroxylation is 1. The highest BCUT2D eigenvalue weighted by molar-refractivity contribution is 6.02. The van der Waals surface area contributed by atoms with Gasteiger partial charge in [0.2, 0.25) is 0 Å². The fourth-order valence-corrected chi connectivity index (χ4v) is 2.23. The van der Waals surface area contributed by atoms with Crippen molar-refractivity contribution >= 4 is 16.7 Å². The largest absolute Gasteiger partial charge is 0.461 e. The molecule has 6 heteroatoms. The number of hydrogen-bond acceptors (Lipinski definition) is 5. The standard InChI is InChI=1S/C17H19N3O3/c1-2-3-11-20-16(21)14-9-5-4-8-13(14)15(19-20)17(22)23-12-7-6-10-18/h4-5,8-9H,2-3,6-7,11-12H2,1H3. The summed E-state index contributed by atoms with van der Waals surface area (Å²) in [6, 6.07) is 8.90. The Morgan fingerprint density at radius 3 is 2.74 bits per heavy atom. The van der Waals surface area contributed by atoms with Gasteiger partial charge in [-0.15, -0.1) is 0 Å². The molecule has 0 saturated heterocycles. The third-order valence-corrected chi connectivity index (χ3v) is 3.45. The van der Waals surface area contributed by atoms with Crippen LogP contribution in [0.2, 0.25) is 0 Å². The minimum Gasteiger partial charge on any atom is -0.461 e. The molecule has 1 aromatic heterocycles. The van der Waals surface area contributed by atoms with Gasteiger partial charge in [0.1, 0.15) is 0 Å². The van der Waals surface area contributed by atoms with E-state index in [4.69, 9.17) is 10.00 Å². The van der Waals surface area contributed by atoms with Gasteiger partial charge < -0.3 is 4.74 Å². The van der Waals surface area contributed by atoms with Crippen LogP contribution in [0.4, 0.5) is 0 Å². The van der Waals surface area contributed by atoms with Crippen LogP contribution in [0.15, 0.2) is 29.1 Å². The van der Waals surface area contributed by atoms with Gasteiger partial charge in [-0.3, -0.25) is 4.79 Å². The van der Waals surface area contributed by atoms with Gasteiger partial charge in [-0.25, -0.2) is 9.48 Å². The normalized spacial score (nSPS) is 10.4. The summed E-state index contributed by atoms with van der Waals surface area (Å²) in [5, 5.41) is 13.7. The molecule has 23 heavy (non-hydrogen) atoms. The molecule has 0 saturated carbocycles. The molecule has 2 rings (SSSR count). The quantitative estimate of drug-likeness (QED) is 0.579. The van der Waals surface area contributed by atoms with Crippen molar-refractivity contribution in [2.24, 2.45) is 0 Å². The van der Waals surface area contributed by atoms with Gasteiger partial charge in [-0.2, -0.15) is 10.4 Å². The predicted octanol–water partition coefficient (Wildman–Crippen LogP) is 2.66. The lowest BCUT2D eigenvalue weighted by molar-refractivity contribution is 0.0494. The number of fused-ring (bicyclic) bond motifs is 1. The molecule has 1 heterocycles. The molecule has 120 valence electrons. The van der Waals surface area contributed by atoms with Crippen molar-refractivity contribution in [3.63, 3.8) is 0 Å². The summed E-state index contributed by atoms with van der Waals surface area (Å²) in [7, 11) is 0. The molecule has 0 aliphatic heterocycles. The van der Waals surface area contributed by atoms with E-state index < -0.39 is 5.97 Å². The summed E-state index contributed by atoms with van der Waals surface area (Å²) in [6.45, 7) is 2.65. The second-order valence-electron chi connectivity index (χ2n) is 5.17. The third-order valence-electron chi connectivity index (χ3n) is 3.45. The number of ether oxygens (including phenoxy) is 1. The zero-order valence-corrected chi connectivity index (χ0v) is 13.1. The fourth-order valence-electron chi connectivity index (χ4n) is 2.23. The lowest BCUT2D eigenvalue weighted by atomic mass is 10.1. The van der Waals surface area contributed by atoms with Gasteiger partial charge >= 0.3 is 5.97 Å². The number of nitriles is 1. The SMILES string of the molecule is CCCCn1nc(C(=O)OCCCC#N)c2ccccc2c1=O. The second kappa shape index (κ2) is 8.08. The predicted molar refractivity (Wildman–Crippen MR) is 86.0 cm³/mol. The molecular weight excluding hydrogens is 294 g/mol. The minimum absolute atomic E-state index is 0.147. The molecule has 0 aliphatic carbocycles. The highest BCUT2D eigenvalue weighted by Gasteiger charge is 2.17. The first-order valence-electron chi connectivity index (χ1n) is 7.73. The molecule has 0 radical (unpaired) electrons. The number of aromatic nitrogens is 2. The zero-order chi connectivity index (χ0) is 16.7. The van der Waals surface area contributed by atoms with Crippen molar-refractivity contribution in [2.75, 3.05) is 6.61 Å². The van der Waals surface area contributed by atoms with Crippen LogP contribution in [0.5, 0.6) is 0 Å². The molecule has 6 nitrogen and oxygen atoms in total. The Kier molecular flexibility index (Phi) is 5.87. The first-order valence-corrected chi connectivity index (χ1v) is 7.73. The monoisotopic (exact) mass is 313 g/mol. The maximum absolute atomic E-state index is 12.4. The molecular formula is C17H19N3O3. The highest BCUT2D eigenvalue weighted by atomic mass is 16.5. The summed E-state index contributed by atoms with van der Waals surface area (Å²) < 4.78 is 6.50. The lowest BCUT2D eigenvalue weighted by Gasteiger charge is -2.10. The highest BCUT2D eigenvalue weighted by Crippen LogP contribution is 2.14. The van der Waals surface area contributed by atoms with Crippen LogP contribution in [-0.4, -0.2) is 22.4 Å². The molecule has 0 bridgehead atoms. The van der Waals surface area contributed by atoms with E-state index in [2.05, 4.69) is 5.10 Å². The van der Waals surface area contributed by atoms with Crippen molar-refractivity contribution < 1.29 is 9.53 Å². The Morgan fingerprint density at radius 1 is 1.30 bits per heavy atom. The van der Waals surface area contributed by atoms with Gasteiger partial charge in [0.05, 0.1) is 18.1 Å². The summed E-state index contributed by atoms with van der Waals surface area (Å²) in [5.74, 6) is -0.565. The summed E-state index contributed by atoms with van der Waals surface area (Å²) in [4.78, 5) is 24.7. The van der Waals surface area contributed by atoms with Crippen molar-refractivity contribution in [1.29, 1.82) is 5.26 Å². The van der Waals surface area contributed by atoms with E-state index in [0.717, 1.165) is 12.8 Å². The molecule has 0 N–H and O–H groups in total. The van der Waals surface area contributed by atoms with E-state index in [1.54, 1.807) is 24.3 Å². The van der Waals surface area contributed by atoms with Crippen LogP contribution < -0.4 is 5.56 Å². The number of carbonyl (C=O) groups is 1. The number of hydrogen-bond donors (Lipinski definition) is 0. The second-order valence-corrected chi connectivity index (χ2v) is 5.17. The Balaban J connectivity index is 2.37. The van der Waals surface area contributed by atoms with E-state index >= 15 is 0 Å². The number of unbranched alkanes of at least 4 members (excludes halogenated alkanes) is 2. The van der Waals surface area contributed by atoms with Crippen LogP contribution >= 0.6 is 0 Å². The molecule has 0 spiro atoms. The number of esters is 1. The number of rotatable bonds is 7. The van der Waals surface area contributed by atoms with Crippen LogP contribution in [0, 0.1) is 11.3 Å². The number of benzene rings is 1. The van der Waals surface area contributed by atoms with Crippen LogP contribution in [0.3, 0.4) is 0 Å². The van der Waals surface area contributed by atoms with E-state index in [0.29, 0.717) is 30.2 Å². The van der Waals surface area contributed by atoms with Crippen molar-refractivity contribution in [2.45, 2.75) is 39.2 Å². The van der Waals surface area contributed by atoms with Gasteiger partial charge in [0, 0.05) is 18.4 Å². The summed E-state index contributed by atoms with van der Waals surface area (Å²) in [6.07, 6.45) is 2.55. The van der Waals surface area contributed by atoms with Gasteiger partial charge in [0.15, 0.2) is 5.69 Å². The van der Waals surface area contributed by atoms with E-state index in [1.807, 2.05) is 13.0 Å². The summed E-state index contributed by atoms with van der Waals surface area (Å²) >= 11 is 0. The van der Waals surface area contributed by atoms with Crippen LogP contribution in [-0.2, 0) is 11.3 Å². The maximum atomic E-state index is 12.4. The third kappa shape index (κ3) is 3.95. The Bertz CT molecular complexity index is 790. The molecule has 2 aromatic rings. The van der Waals surface area contributed by atoms with E-state index in [9.17, 15) is 9.59 Å². The molecule has 0 fully saturated rings. The minimum atomic E-state index is -0.565.